The Bertz CT molecular complexity index is 1470. The van der Waals surface area contributed by atoms with E-state index in [1.807, 2.05) is 110 Å². The van der Waals surface area contributed by atoms with Gasteiger partial charge in [-0.1, -0.05) is 103 Å². The normalized spacial score (nSPS) is 17.9. The highest BCUT2D eigenvalue weighted by atomic mass is 16.5. The van der Waals surface area contributed by atoms with Crippen LogP contribution in [0.15, 0.2) is 126 Å². The van der Waals surface area contributed by atoms with Crippen LogP contribution >= 0.6 is 0 Å². The lowest BCUT2D eigenvalue weighted by Crippen LogP contribution is -2.51. The van der Waals surface area contributed by atoms with Gasteiger partial charge in [-0.2, -0.15) is 0 Å². The van der Waals surface area contributed by atoms with Crippen LogP contribution in [0, 0.1) is 0 Å². The van der Waals surface area contributed by atoms with Crippen LogP contribution in [0.4, 0.5) is 0 Å². The monoisotopic (exact) mass is 574 g/mol. The van der Waals surface area contributed by atoms with Crippen LogP contribution < -0.4 is 10.1 Å². The molecular weight excluding hydrogens is 536 g/mol. The molecule has 43 heavy (non-hydrogen) atoms. The predicted octanol–water partition coefficient (Wildman–Crippen LogP) is 6.40. The van der Waals surface area contributed by atoms with Crippen LogP contribution in [0.5, 0.6) is 5.75 Å². The van der Waals surface area contributed by atoms with Crippen LogP contribution in [-0.4, -0.2) is 48.3 Å². The van der Waals surface area contributed by atoms with Gasteiger partial charge in [0.2, 0.25) is 5.90 Å². The van der Waals surface area contributed by atoms with Crippen LogP contribution in [0.25, 0.3) is 6.08 Å². The molecule has 0 saturated carbocycles. The summed E-state index contributed by atoms with van der Waals surface area (Å²) in [6, 6.07) is 38.0. The lowest BCUT2D eigenvalue weighted by molar-refractivity contribution is -0.128. The zero-order valence-electron chi connectivity index (χ0n) is 24.4. The minimum absolute atomic E-state index is 0.0114. The molecule has 0 spiro atoms. The molecule has 0 saturated heterocycles. The van der Waals surface area contributed by atoms with Crippen molar-refractivity contribution in [3.05, 3.63) is 144 Å². The summed E-state index contributed by atoms with van der Waals surface area (Å²) in [6.07, 6.45) is 4.48. The molecular formula is C37H38N2O4. The summed E-state index contributed by atoms with van der Waals surface area (Å²) in [5.41, 5.74) is 2.95. The van der Waals surface area contributed by atoms with Crippen molar-refractivity contribution in [1.82, 2.24) is 5.32 Å². The van der Waals surface area contributed by atoms with Gasteiger partial charge in [0, 0.05) is 37.5 Å². The lowest BCUT2D eigenvalue weighted by Gasteiger charge is -2.28. The summed E-state index contributed by atoms with van der Waals surface area (Å²) in [7, 11) is 0. The van der Waals surface area contributed by atoms with E-state index in [-0.39, 0.29) is 18.4 Å². The Hall–Kier alpha value is -4.68. The second kappa shape index (κ2) is 14.5. The Morgan fingerprint density at radius 2 is 1.53 bits per heavy atom. The van der Waals surface area contributed by atoms with E-state index in [2.05, 4.69) is 29.6 Å². The van der Waals surface area contributed by atoms with Gasteiger partial charge in [-0.15, -0.1) is 0 Å². The first-order chi connectivity index (χ1) is 21.1. The number of aliphatic imine (C=N–C) groups is 1. The smallest absolute Gasteiger partial charge is 0.252 e. The molecule has 5 rings (SSSR count). The third-order valence-corrected chi connectivity index (χ3v) is 7.74. The molecule has 1 amide bonds. The first-order valence-electron chi connectivity index (χ1n) is 14.8. The summed E-state index contributed by atoms with van der Waals surface area (Å²) in [4.78, 5) is 19.2. The van der Waals surface area contributed by atoms with E-state index >= 15 is 0 Å². The molecule has 2 atom stereocenters. The van der Waals surface area contributed by atoms with Gasteiger partial charge in [0.05, 0.1) is 6.61 Å². The molecule has 0 aliphatic carbocycles. The third kappa shape index (κ3) is 7.40. The fourth-order valence-corrected chi connectivity index (χ4v) is 5.27. The van der Waals surface area contributed by atoms with Crippen molar-refractivity contribution in [2.45, 2.75) is 37.3 Å². The number of amides is 1. The third-order valence-electron chi connectivity index (χ3n) is 7.74. The number of aliphatic hydroxyl groups excluding tert-OH is 1. The van der Waals surface area contributed by atoms with Gasteiger partial charge in [0.15, 0.2) is 5.54 Å². The number of rotatable bonds is 13. The van der Waals surface area contributed by atoms with Crippen LogP contribution in [0.1, 0.15) is 47.9 Å². The molecule has 6 heteroatoms. The fraction of sp³-hybridized carbons (Fsp3) is 0.243. The number of aliphatic hydroxyl groups is 1. The SMILES string of the molecule is C[C@H]1OC(c2ccc(OCCCO)cc2)=N[C@@]1(C/C=C/c1ccccc1)C(=O)NCC(c1ccccc1)c1ccccc1. The molecule has 0 fully saturated rings. The average Bonchev–Trinajstić information content (AvgIpc) is 3.40. The Balaban J connectivity index is 1.41. The maximum absolute atomic E-state index is 14.2. The van der Waals surface area contributed by atoms with Gasteiger partial charge < -0.3 is 19.9 Å². The first-order valence-corrected chi connectivity index (χ1v) is 14.8. The van der Waals surface area contributed by atoms with Gasteiger partial charge in [0.25, 0.3) is 5.91 Å². The van der Waals surface area contributed by atoms with E-state index in [9.17, 15) is 4.79 Å². The minimum atomic E-state index is -1.14. The molecule has 2 N–H and O–H groups in total. The van der Waals surface area contributed by atoms with E-state index < -0.39 is 11.6 Å². The number of ether oxygens (including phenoxy) is 2. The summed E-state index contributed by atoms with van der Waals surface area (Å²) in [5, 5.41) is 12.3. The lowest BCUT2D eigenvalue weighted by atomic mass is 9.87. The van der Waals surface area contributed by atoms with E-state index in [4.69, 9.17) is 19.6 Å². The second-order valence-electron chi connectivity index (χ2n) is 10.7. The van der Waals surface area contributed by atoms with Gasteiger partial charge in [0.1, 0.15) is 11.9 Å². The van der Waals surface area contributed by atoms with Crippen LogP contribution in [0.2, 0.25) is 0 Å². The van der Waals surface area contributed by atoms with Crippen molar-refractivity contribution in [3.63, 3.8) is 0 Å². The molecule has 1 aliphatic heterocycles. The zero-order valence-corrected chi connectivity index (χ0v) is 24.4. The molecule has 0 aromatic heterocycles. The first kappa shape index (κ1) is 29.8. The molecule has 4 aromatic rings. The average molecular weight is 575 g/mol. The van der Waals surface area contributed by atoms with Gasteiger partial charge in [-0.05, 0) is 47.9 Å². The fourth-order valence-electron chi connectivity index (χ4n) is 5.27. The van der Waals surface area contributed by atoms with Gasteiger partial charge in [-0.3, -0.25) is 4.79 Å². The Kier molecular flexibility index (Phi) is 10.0. The van der Waals surface area contributed by atoms with E-state index in [0.29, 0.717) is 37.6 Å². The maximum Gasteiger partial charge on any atom is 0.252 e. The highest BCUT2D eigenvalue weighted by molar-refractivity contribution is 6.01. The Labute approximate surface area is 253 Å². The Morgan fingerprint density at radius 1 is 0.930 bits per heavy atom. The van der Waals surface area contributed by atoms with Crippen molar-refractivity contribution in [3.8, 4) is 5.75 Å². The maximum atomic E-state index is 14.2. The summed E-state index contributed by atoms with van der Waals surface area (Å²) < 4.78 is 12.0. The van der Waals surface area contributed by atoms with Gasteiger partial charge in [-0.25, -0.2) is 4.99 Å². The number of carbonyl (C=O) groups excluding carboxylic acids is 1. The van der Waals surface area contributed by atoms with E-state index in [1.165, 1.54) is 0 Å². The minimum Gasteiger partial charge on any atom is -0.494 e. The van der Waals surface area contributed by atoms with Crippen LogP contribution in [-0.2, 0) is 9.53 Å². The van der Waals surface area contributed by atoms with Crippen molar-refractivity contribution in [2.24, 2.45) is 4.99 Å². The van der Waals surface area contributed by atoms with Crippen molar-refractivity contribution in [2.75, 3.05) is 19.8 Å². The highest BCUT2D eigenvalue weighted by Crippen LogP contribution is 2.34. The molecule has 0 unspecified atom stereocenters. The molecule has 1 heterocycles. The number of nitrogens with zero attached hydrogens (tertiary/aromatic N) is 1. The van der Waals surface area contributed by atoms with Crippen molar-refractivity contribution < 1.29 is 19.4 Å². The largest absolute Gasteiger partial charge is 0.494 e. The van der Waals surface area contributed by atoms with E-state index in [1.54, 1.807) is 0 Å². The molecule has 220 valence electrons. The Morgan fingerprint density at radius 3 is 2.14 bits per heavy atom. The van der Waals surface area contributed by atoms with Crippen molar-refractivity contribution in [1.29, 1.82) is 0 Å². The standard InChI is InChI=1S/C37H38N2O4/c1-28-37(24-11-15-29-13-5-2-6-14-29,39-35(43-28)32-20-22-33(23-21-32)42-26-12-25-40)36(41)38-27-34(30-16-7-3-8-17-30)31-18-9-4-10-19-31/h2-11,13-23,28,34,40H,12,24-27H2,1H3,(H,38,41)/b15-11+/t28-,37-/m1/s1. The molecule has 0 radical (unpaired) electrons. The second-order valence-corrected chi connectivity index (χ2v) is 10.7. The molecule has 1 aliphatic rings. The van der Waals surface area contributed by atoms with Crippen molar-refractivity contribution >= 4 is 17.9 Å². The number of benzene rings is 4. The molecule has 4 aromatic carbocycles. The van der Waals surface area contributed by atoms with Gasteiger partial charge >= 0.3 is 0 Å². The number of carbonyl (C=O) groups is 1. The van der Waals surface area contributed by atoms with Crippen LogP contribution in [0.3, 0.4) is 0 Å². The quantitative estimate of drug-likeness (QED) is 0.181. The summed E-state index contributed by atoms with van der Waals surface area (Å²) in [5.74, 6) is 0.947. The predicted molar refractivity (Wildman–Crippen MR) is 171 cm³/mol. The highest BCUT2D eigenvalue weighted by Gasteiger charge is 2.49. The molecule has 0 bridgehead atoms. The summed E-state index contributed by atoms with van der Waals surface area (Å²) >= 11 is 0. The topological polar surface area (TPSA) is 80.2 Å². The zero-order chi connectivity index (χ0) is 29.9. The number of hydrogen-bond acceptors (Lipinski definition) is 5. The number of nitrogens with one attached hydrogen (secondary N) is 1. The van der Waals surface area contributed by atoms with E-state index in [0.717, 1.165) is 22.3 Å². The number of hydrogen-bond donors (Lipinski definition) is 2. The molecule has 6 nitrogen and oxygen atoms in total. The summed E-state index contributed by atoms with van der Waals surface area (Å²) in [6.45, 7) is 2.86.